The molecule has 4 unspecified atom stereocenters. The lowest BCUT2D eigenvalue weighted by Crippen LogP contribution is -2.35. The summed E-state index contributed by atoms with van der Waals surface area (Å²) in [7, 11) is 0. The van der Waals surface area contributed by atoms with Gasteiger partial charge in [-0.3, -0.25) is 0 Å². The minimum absolute atomic E-state index is 0.638. The first-order valence-corrected chi connectivity index (χ1v) is 9.07. The van der Waals surface area contributed by atoms with Crippen LogP contribution in [0.4, 0.5) is 0 Å². The Morgan fingerprint density at radius 2 is 1.47 bits per heavy atom. The van der Waals surface area contributed by atoms with Gasteiger partial charge in [0.05, 0.1) is 0 Å². The molecule has 0 N–H and O–H groups in total. The summed E-state index contributed by atoms with van der Waals surface area (Å²) < 4.78 is 0. The lowest BCUT2D eigenvalue weighted by molar-refractivity contribution is 0.0622. The lowest BCUT2D eigenvalue weighted by atomic mass is 9.61. The highest BCUT2D eigenvalue weighted by atomic mass is 14.5. The van der Waals surface area contributed by atoms with Gasteiger partial charge in [0.25, 0.3) is 0 Å². The maximum Gasteiger partial charge on any atom is -0.0354 e. The SMILES string of the molecule is CC(C1CCC(C)(C)CC1)C1CCCC2CCCC21. The van der Waals surface area contributed by atoms with Gasteiger partial charge in [-0.1, -0.05) is 46.5 Å². The number of fused-ring (bicyclic) bond motifs is 1. The summed E-state index contributed by atoms with van der Waals surface area (Å²) in [5.74, 6) is 5.41. The molecule has 19 heavy (non-hydrogen) atoms. The summed E-state index contributed by atoms with van der Waals surface area (Å²) in [5, 5.41) is 0. The average Bonchev–Trinajstić information content (AvgIpc) is 2.86. The van der Waals surface area contributed by atoms with E-state index in [0.717, 1.165) is 29.6 Å². The van der Waals surface area contributed by atoms with Crippen molar-refractivity contribution in [2.75, 3.05) is 0 Å². The first-order valence-electron chi connectivity index (χ1n) is 9.07. The fourth-order valence-corrected chi connectivity index (χ4v) is 5.77. The van der Waals surface area contributed by atoms with E-state index in [4.69, 9.17) is 0 Å². The van der Waals surface area contributed by atoms with Crippen molar-refractivity contribution in [3.63, 3.8) is 0 Å². The number of rotatable bonds is 2. The number of hydrogen-bond acceptors (Lipinski definition) is 0. The van der Waals surface area contributed by atoms with Crippen LogP contribution in [0, 0.1) is 35.0 Å². The highest BCUT2D eigenvalue weighted by molar-refractivity contribution is 4.92. The molecular weight excluding hydrogens is 228 g/mol. The Hall–Kier alpha value is 0. The van der Waals surface area contributed by atoms with E-state index < -0.39 is 0 Å². The molecule has 3 aliphatic rings. The predicted molar refractivity (Wildman–Crippen MR) is 83.1 cm³/mol. The van der Waals surface area contributed by atoms with Gasteiger partial charge in [0.2, 0.25) is 0 Å². The van der Waals surface area contributed by atoms with Gasteiger partial charge in [-0.25, -0.2) is 0 Å². The molecule has 0 aromatic rings. The number of hydrogen-bond donors (Lipinski definition) is 0. The molecule has 0 radical (unpaired) electrons. The molecule has 0 nitrogen and oxygen atoms in total. The Labute approximate surface area is 120 Å². The zero-order chi connectivity index (χ0) is 13.5. The normalized spacial score (nSPS) is 40.9. The molecule has 0 bridgehead atoms. The third-order valence-electron chi connectivity index (χ3n) is 7.18. The summed E-state index contributed by atoms with van der Waals surface area (Å²) in [5.41, 5.74) is 0.638. The van der Waals surface area contributed by atoms with E-state index in [9.17, 15) is 0 Å². The van der Waals surface area contributed by atoms with Crippen molar-refractivity contribution in [2.45, 2.75) is 85.0 Å². The highest BCUT2D eigenvalue weighted by Gasteiger charge is 2.41. The van der Waals surface area contributed by atoms with Crippen molar-refractivity contribution in [2.24, 2.45) is 35.0 Å². The van der Waals surface area contributed by atoms with E-state index in [2.05, 4.69) is 20.8 Å². The third-order valence-corrected chi connectivity index (χ3v) is 7.18. The predicted octanol–water partition coefficient (Wildman–Crippen LogP) is 6.06. The molecular formula is C19H34. The molecule has 0 heteroatoms. The minimum Gasteiger partial charge on any atom is -0.0620 e. The second kappa shape index (κ2) is 5.41. The van der Waals surface area contributed by atoms with Crippen molar-refractivity contribution in [1.82, 2.24) is 0 Å². The highest BCUT2D eigenvalue weighted by Crippen LogP contribution is 2.51. The van der Waals surface area contributed by atoms with Gasteiger partial charge in [0, 0.05) is 0 Å². The molecule has 4 atom stereocenters. The van der Waals surface area contributed by atoms with Gasteiger partial charge in [-0.2, -0.15) is 0 Å². The molecule has 3 fully saturated rings. The molecule has 0 aliphatic heterocycles. The van der Waals surface area contributed by atoms with Crippen LogP contribution in [0.1, 0.15) is 85.0 Å². The standard InChI is InChI=1S/C19H34/c1-14(15-10-12-19(2,3)13-11-15)17-8-4-6-16-7-5-9-18(16)17/h14-18H,4-13H2,1-3H3. The first kappa shape index (κ1) is 14.0. The van der Waals surface area contributed by atoms with E-state index in [1.807, 2.05) is 0 Å². The molecule has 0 aromatic carbocycles. The molecule has 3 aliphatic carbocycles. The zero-order valence-electron chi connectivity index (χ0n) is 13.5. The summed E-state index contributed by atoms with van der Waals surface area (Å²) >= 11 is 0. The maximum absolute atomic E-state index is 2.62. The van der Waals surface area contributed by atoms with Crippen molar-refractivity contribution < 1.29 is 0 Å². The van der Waals surface area contributed by atoms with E-state index >= 15 is 0 Å². The monoisotopic (exact) mass is 262 g/mol. The quantitative estimate of drug-likeness (QED) is 0.568. The summed E-state index contributed by atoms with van der Waals surface area (Å²) in [4.78, 5) is 0. The fourth-order valence-electron chi connectivity index (χ4n) is 5.77. The van der Waals surface area contributed by atoms with Crippen LogP contribution in [0.2, 0.25) is 0 Å². The average molecular weight is 262 g/mol. The molecule has 0 heterocycles. The molecule has 110 valence electrons. The van der Waals surface area contributed by atoms with Crippen molar-refractivity contribution in [3.8, 4) is 0 Å². The van der Waals surface area contributed by atoms with Crippen LogP contribution in [0.25, 0.3) is 0 Å². The van der Waals surface area contributed by atoms with Crippen LogP contribution in [-0.4, -0.2) is 0 Å². The molecule has 0 amide bonds. The molecule has 3 rings (SSSR count). The Kier molecular flexibility index (Phi) is 3.98. The largest absolute Gasteiger partial charge is 0.0620 e. The van der Waals surface area contributed by atoms with Crippen LogP contribution < -0.4 is 0 Å². The van der Waals surface area contributed by atoms with E-state index in [1.165, 1.54) is 38.5 Å². The van der Waals surface area contributed by atoms with Gasteiger partial charge < -0.3 is 0 Å². The smallest absolute Gasteiger partial charge is 0.0354 e. The van der Waals surface area contributed by atoms with Gasteiger partial charge in [-0.15, -0.1) is 0 Å². The van der Waals surface area contributed by atoms with E-state index in [0.29, 0.717) is 5.41 Å². The van der Waals surface area contributed by atoms with Crippen LogP contribution in [0.15, 0.2) is 0 Å². The summed E-state index contributed by atoms with van der Waals surface area (Å²) in [6, 6.07) is 0. The zero-order valence-corrected chi connectivity index (χ0v) is 13.5. The van der Waals surface area contributed by atoms with Crippen LogP contribution in [-0.2, 0) is 0 Å². The van der Waals surface area contributed by atoms with Crippen molar-refractivity contribution in [1.29, 1.82) is 0 Å². The molecule has 0 saturated heterocycles. The fraction of sp³-hybridized carbons (Fsp3) is 1.00. The van der Waals surface area contributed by atoms with Gasteiger partial charge in [-0.05, 0) is 73.5 Å². The third kappa shape index (κ3) is 2.88. The molecule has 0 aromatic heterocycles. The summed E-state index contributed by atoms with van der Waals surface area (Å²) in [6.07, 6.45) is 15.3. The summed E-state index contributed by atoms with van der Waals surface area (Å²) in [6.45, 7) is 7.57. The van der Waals surface area contributed by atoms with Crippen LogP contribution in [0.3, 0.4) is 0 Å². The Balaban J connectivity index is 1.62. The molecule has 0 spiro atoms. The van der Waals surface area contributed by atoms with Crippen LogP contribution in [0.5, 0.6) is 0 Å². The Morgan fingerprint density at radius 1 is 0.842 bits per heavy atom. The van der Waals surface area contributed by atoms with Crippen LogP contribution >= 0.6 is 0 Å². The van der Waals surface area contributed by atoms with E-state index in [1.54, 1.807) is 25.7 Å². The topological polar surface area (TPSA) is 0 Å². The first-order chi connectivity index (χ1) is 9.07. The van der Waals surface area contributed by atoms with Crippen molar-refractivity contribution in [3.05, 3.63) is 0 Å². The minimum atomic E-state index is 0.638. The van der Waals surface area contributed by atoms with Gasteiger partial charge >= 0.3 is 0 Å². The lowest BCUT2D eigenvalue weighted by Gasteiger charge is -2.44. The maximum atomic E-state index is 2.62. The van der Waals surface area contributed by atoms with Gasteiger partial charge in [0.15, 0.2) is 0 Å². The van der Waals surface area contributed by atoms with E-state index in [-0.39, 0.29) is 0 Å². The second-order valence-corrected chi connectivity index (χ2v) is 8.81. The van der Waals surface area contributed by atoms with Crippen molar-refractivity contribution >= 4 is 0 Å². The second-order valence-electron chi connectivity index (χ2n) is 8.81. The molecule has 3 saturated carbocycles. The Bertz CT molecular complexity index is 293. The Morgan fingerprint density at radius 3 is 2.16 bits per heavy atom. The van der Waals surface area contributed by atoms with Gasteiger partial charge in [0.1, 0.15) is 0 Å².